The molecule has 4 aliphatic carbocycles. The summed E-state index contributed by atoms with van der Waals surface area (Å²) >= 11 is 0. The van der Waals surface area contributed by atoms with Crippen molar-refractivity contribution in [3.05, 3.63) is 34.4 Å². The fourth-order valence-electron chi connectivity index (χ4n) is 8.08. The van der Waals surface area contributed by atoms with E-state index >= 15 is 0 Å². The summed E-state index contributed by atoms with van der Waals surface area (Å²) < 4.78 is 25.6. The first-order valence-corrected chi connectivity index (χ1v) is 14.9. The van der Waals surface area contributed by atoms with Crippen molar-refractivity contribution in [2.75, 3.05) is 17.2 Å². The Kier molecular flexibility index (Phi) is 5.72. The molecule has 11 heteroatoms. The number of nitrogens with one attached hydrogen (secondary N) is 1. The van der Waals surface area contributed by atoms with E-state index in [1.807, 2.05) is 12.1 Å². The van der Waals surface area contributed by atoms with E-state index < -0.39 is 22.0 Å². The molecule has 1 aliphatic heterocycles. The van der Waals surface area contributed by atoms with Crippen LogP contribution in [0.3, 0.4) is 0 Å². The molecule has 37 heavy (non-hydrogen) atoms. The molecule has 4 bridgehead atoms. The number of hydrogen-bond donors (Lipinski definition) is 2. The van der Waals surface area contributed by atoms with Crippen molar-refractivity contribution in [1.29, 1.82) is 0 Å². The van der Waals surface area contributed by atoms with Crippen LogP contribution in [0.4, 0.5) is 5.69 Å². The van der Waals surface area contributed by atoms with Crippen LogP contribution in [-0.2, 0) is 19.6 Å². The van der Waals surface area contributed by atoms with E-state index in [1.54, 1.807) is 13.0 Å². The van der Waals surface area contributed by atoms with Gasteiger partial charge in [0.25, 0.3) is 5.56 Å². The second kappa shape index (κ2) is 8.62. The Hall–Kier alpha value is -2.79. The molecule has 1 saturated heterocycles. The third-order valence-electron chi connectivity index (χ3n) is 9.07. The van der Waals surface area contributed by atoms with E-state index in [2.05, 4.69) is 10.2 Å². The van der Waals surface area contributed by atoms with Crippen molar-refractivity contribution >= 4 is 38.4 Å². The third-order valence-corrected chi connectivity index (χ3v) is 9.83. The number of carbonyl (C=O) groups excluding carboxylic acids is 2. The van der Waals surface area contributed by atoms with Gasteiger partial charge in [0.2, 0.25) is 21.8 Å². The number of carbonyl (C=O) groups is 2. The van der Waals surface area contributed by atoms with Crippen molar-refractivity contribution in [3.8, 4) is 0 Å². The molecule has 1 atom stereocenters. The van der Waals surface area contributed by atoms with Gasteiger partial charge in [-0.1, -0.05) is 6.07 Å². The van der Waals surface area contributed by atoms with Crippen LogP contribution in [0.1, 0.15) is 63.2 Å². The Labute approximate surface area is 215 Å². The van der Waals surface area contributed by atoms with Gasteiger partial charge in [0, 0.05) is 18.5 Å². The summed E-state index contributed by atoms with van der Waals surface area (Å²) in [6, 6.07) is 4.67. The highest BCUT2D eigenvalue weighted by Gasteiger charge is 2.54. The highest BCUT2D eigenvalue weighted by atomic mass is 32.2. The molecule has 5 fully saturated rings. The number of nitrogens with two attached hydrogens (primary N) is 1. The van der Waals surface area contributed by atoms with Crippen LogP contribution in [0.25, 0.3) is 10.9 Å². The minimum Gasteiger partial charge on any atom is -0.364 e. The van der Waals surface area contributed by atoms with E-state index in [0.29, 0.717) is 40.2 Å². The number of aromatic nitrogens is 2. The van der Waals surface area contributed by atoms with Crippen molar-refractivity contribution in [1.82, 2.24) is 14.9 Å². The average molecular weight is 528 g/mol. The predicted molar refractivity (Wildman–Crippen MR) is 138 cm³/mol. The number of rotatable bonds is 6. The lowest BCUT2D eigenvalue weighted by Crippen LogP contribution is -2.61. The van der Waals surface area contributed by atoms with Gasteiger partial charge in [-0.25, -0.2) is 18.5 Å². The second-order valence-electron chi connectivity index (χ2n) is 11.6. The summed E-state index contributed by atoms with van der Waals surface area (Å²) in [6.07, 6.45) is 6.96. The van der Waals surface area contributed by atoms with E-state index in [4.69, 9.17) is 10.1 Å². The number of benzene rings is 1. The first kappa shape index (κ1) is 24.5. The molecule has 10 nitrogen and oxygen atoms in total. The molecule has 198 valence electrons. The quantitative estimate of drug-likeness (QED) is 0.545. The number of fused-ring (bicyclic) bond motifs is 1. The number of anilines is 1. The zero-order chi connectivity index (χ0) is 26.1. The standard InChI is InChI=1S/C26H33N5O5S/c1-15-28-19-3-2-4-20(23(19)25(34)31(15)21-5-6-22(32)29-24(21)33)30(7-8-37(27,35)36)26-12-16-9-17(13-26)11-18(10-16)14-26/h2-4,16-18,21H,5-14H2,1H3,(H2,27,35,36)(H,29,32,33). The van der Waals surface area contributed by atoms with Gasteiger partial charge in [0.1, 0.15) is 11.9 Å². The van der Waals surface area contributed by atoms with Crippen LogP contribution >= 0.6 is 0 Å². The lowest BCUT2D eigenvalue weighted by Gasteiger charge is -2.61. The lowest BCUT2D eigenvalue weighted by atomic mass is 9.52. The number of amides is 2. The number of primary sulfonamides is 1. The Bertz CT molecular complexity index is 1430. The minimum atomic E-state index is -3.73. The number of piperidine rings is 1. The molecule has 0 radical (unpaired) electrons. The molecule has 0 spiro atoms. The molecule has 1 unspecified atom stereocenters. The molecule has 4 saturated carbocycles. The number of aryl methyl sites for hydroxylation is 1. The van der Waals surface area contributed by atoms with Crippen LogP contribution in [0.2, 0.25) is 0 Å². The van der Waals surface area contributed by atoms with Gasteiger partial charge in [-0.15, -0.1) is 0 Å². The van der Waals surface area contributed by atoms with Crippen LogP contribution in [0.5, 0.6) is 0 Å². The third kappa shape index (κ3) is 4.25. The molecule has 7 rings (SSSR count). The Morgan fingerprint density at radius 2 is 1.76 bits per heavy atom. The van der Waals surface area contributed by atoms with E-state index in [1.165, 1.54) is 23.8 Å². The molecular weight excluding hydrogens is 494 g/mol. The van der Waals surface area contributed by atoms with Gasteiger partial charge in [-0.3, -0.25) is 24.3 Å². The van der Waals surface area contributed by atoms with Gasteiger partial charge < -0.3 is 4.90 Å². The summed E-state index contributed by atoms with van der Waals surface area (Å²) in [5.41, 5.74) is 0.582. The summed E-state index contributed by atoms with van der Waals surface area (Å²) in [4.78, 5) is 45.4. The maximum atomic E-state index is 14.1. The fourth-order valence-corrected chi connectivity index (χ4v) is 8.52. The molecule has 1 aromatic carbocycles. The maximum absolute atomic E-state index is 14.1. The van der Waals surface area contributed by atoms with E-state index in [0.717, 1.165) is 19.3 Å². The maximum Gasteiger partial charge on any atom is 0.264 e. The highest BCUT2D eigenvalue weighted by Crippen LogP contribution is 2.58. The Morgan fingerprint density at radius 1 is 1.11 bits per heavy atom. The number of sulfonamides is 1. The predicted octanol–water partition coefficient (Wildman–Crippen LogP) is 1.75. The van der Waals surface area contributed by atoms with Crippen molar-refractivity contribution < 1.29 is 18.0 Å². The number of nitrogens with zero attached hydrogens (tertiary/aromatic N) is 3. The SMILES string of the molecule is Cc1nc2cccc(N(CCS(N)(=O)=O)C34CC5CC(CC(C5)C3)C4)c2c(=O)n1C1CCC(=O)NC1=O. The summed E-state index contributed by atoms with van der Waals surface area (Å²) in [5.74, 6) is 1.15. The van der Waals surface area contributed by atoms with Crippen molar-refractivity contribution in [2.24, 2.45) is 22.9 Å². The highest BCUT2D eigenvalue weighted by molar-refractivity contribution is 7.89. The molecule has 2 heterocycles. The van der Waals surface area contributed by atoms with Crippen molar-refractivity contribution in [2.45, 2.75) is 69.9 Å². The zero-order valence-electron chi connectivity index (χ0n) is 21.0. The number of hydrogen-bond acceptors (Lipinski definition) is 7. The monoisotopic (exact) mass is 527 g/mol. The molecular formula is C26H33N5O5S. The Balaban J connectivity index is 1.52. The smallest absolute Gasteiger partial charge is 0.264 e. The van der Waals surface area contributed by atoms with E-state index in [9.17, 15) is 22.8 Å². The average Bonchev–Trinajstić information content (AvgIpc) is 2.78. The largest absolute Gasteiger partial charge is 0.364 e. The summed E-state index contributed by atoms with van der Waals surface area (Å²) in [6.45, 7) is 1.88. The van der Waals surface area contributed by atoms with Crippen molar-refractivity contribution in [3.63, 3.8) is 0 Å². The van der Waals surface area contributed by atoms with Crippen LogP contribution < -0.4 is 20.9 Å². The van der Waals surface area contributed by atoms with Gasteiger partial charge in [-0.2, -0.15) is 0 Å². The van der Waals surface area contributed by atoms with Crippen LogP contribution in [-0.4, -0.2) is 47.6 Å². The minimum absolute atomic E-state index is 0.149. The van der Waals surface area contributed by atoms with Gasteiger partial charge in [0.05, 0.1) is 22.3 Å². The Morgan fingerprint density at radius 3 is 2.35 bits per heavy atom. The lowest BCUT2D eigenvalue weighted by molar-refractivity contribution is -0.135. The van der Waals surface area contributed by atoms with E-state index in [-0.39, 0.29) is 42.1 Å². The topological polar surface area (TPSA) is 144 Å². The number of imide groups is 1. The second-order valence-corrected chi connectivity index (χ2v) is 13.4. The van der Waals surface area contributed by atoms with Crippen LogP contribution in [0, 0.1) is 24.7 Å². The van der Waals surface area contributed by atoms with Crippen LogP contribution in [0.15, 0.2) is 23.0 Å². The molecule has 1 aromatic heterocycles. The normalized spacial score (nSPS) is 31.1. The fraction of sp³-hybridized carbons (Fsp3) is 0.615. The molecule has 3 N–H and O–H groups in total. The first-order valence-electron chi connectivity index (χ1n) is 13.2. The molecule has 2 aromatic rings. The van der Waals surface area contributed by atoms with Gasteiger partial charge >= 0.3 is 0 Å². The van der Waals surface area contributed by atoms with Gasteiger partial charge in [-0.05, 0) is 81.8 Å². The summed E-state index contributed by atoms with van der Waals surface area (Å²) in [7, 11) is -3.73. The van der Waals surface area contributed by atoms with Gasteiger partial charge in [0.15, 0.2) is 0 Å². The molecule has 5 aliphatic rings. The first-order chi connectivity index (χ1) is 17.5. The summed E-state index contributed by atoms with van der Waals surface area (Å²) in [5, 5.41) is 8.17. The molecule has 2 amide bonds. The zero-order valence-corrected chi connectivity index (χ0v) is 21.8.